The number of non-ortho nitro benzene ring substituents is 1. The summed E-state index contributed by atoms with van der Waals surface area (Å²) < 4.78 is 0. The van der Waals surface area contributed by atoms with Gasteiger partial charge in [0.05, 0.1) is 16.6 Å². The Morgan fingerprint density at radius 2 is 2.21 bits per heavy atom. The molecule has 0 radical (unpaired) electrons. The van der Waals surface area contributed by atoms with Crippen molar-refractivity contribution in [2.45, 2.75) is 39.2 Å². The molecule has 0 saturated carbocycles. The molecule has 0 aliphatic heterocycles. The minimum Gasteiger partial charge on any atom is -0.314 e. The van der Waals surface area contributed by atoms with Crippen LogP contribution in [0.5, 0.6) is 0 Å². The summed E-state index contributed by atoms with van der Waals surface area (Å²) in [5.41, 5.74) is 1.23. The maximum Gasteiger partial charge on any atom is 0.270 e. The first kappa shape index (κ1) is 15.1. The summed E-state index contributed by atoms with van der Waals surface area (Å²) in [5, 5.41) is 23.2. The fourth-order valence-electron chi connectivity index (χ4n) is 1.93. The van der Waals surface area contributed by atoms with Gasteiger partial charge in [-0.05, 0) is 31.4 Å². The van der Waals surface area contributed by atoms with Crippen molar-refractivity contribution in [2.75, 3.05) is 6.54 Å². The zero-order chi connectivity index (χ0) is 14.3. The van der Waals surface area contributed by atoms with Crippen molar-refractivity contribution >= 4 is 5.69 Å². The molecular formula is C14H19N3O2. The predicted molar refractivity (Wildman–Crippen MR) is 73.9 cm³/mol. The molecule has 1 rings (SSSR count). The van der Waals surface area contributed by atoms with Gasteiger partial charge in [0.2, 0.25) is 0 Å². The fourth-order valence-corrected chi connectivity index (χ4v) is 1.93. The van der Waals surface area contributed by atoms with Gasteiger partial charge in [0.25, 0.3) is 5.69 Å². The monoisotopic (exact) mass is 261 g/mol. The number of nitro benzene ring substituents is 1. The average Bonchev–Trinajstić information content (AvgIpc) is 2.43. The third kappa shape index (κ3) is 4.34. The predicted octanol–water partition coefficient (Wildman–Crippen LogP) is 2.79. The van der Waals surface area contributed by atoms with Crippen molar-refractivity contribution in [3.63, 3.8) is 0 Å². The lowest BCUT2D eigenvalue weighted by Crippen LogP contribution is -2.31. The van der Waals surface area contributed by atoms with Gasteiger partial charge in [0.1, 0.15) is 0 Å². The summed E-state index contributed by atoms with van der Waals surface area (Å²) in [6, 6.07) is 6.84. The van der Waals surface area contributed by atoms with E-state index in [1.54, 1.807) is 6.07 Å². The van der Waals surface area contributed by atoms with Crippen molar-refractivity contribution in [3.05, 3.63) is 39.4 Å². The number of rotatable bonds is 7. The van der Waals surface area contributed by atoms with Crippen LogP contribution in [-0.4, -0.2) is 17.5 Å². The number of hydrogen-bond donors (Lipinski definition) is 1. The zero-order valence-electron chi connectivity index (χ0n) is 11.3. The summed E-state index contributed by atoms with van der Waals surface area (Å²) in [4.78, 5) is 10.2. The highest BCUT2D eigenvalue weighted by Gasteiger charge is 2.13. The molecule has 0 aliphatic rings. The molecule has 5 heteroatoms. The summed E-state index contributed by atoms with van der Waals surface area (Å²) in [5.74, 6) is 0. The van der Waals surface area contributed by atoms with Crippen molar-refractivity contribution in [1.82, 2.24) is 5.32 Å². The number of nitrogens with zero attached hydrogens (tertiary/aromatic N) is 2. The number of nitrogens with one attached hydrogen (secondary N) is 1. The van der Waals surface area contributed by atoms with Crippen LogP contribution >= 0.6 is 0 Å². The standard InChI is InChI=1S/C14H19N3O2/c1-3-7-16-13(4-2)8-11-5-6-14(17(18)19)9-12(11)10-15/h5-6,9,13,16H,3-4,7-8H2,1-2H3. The Hall–Kier alpha value is -1.93. The quantitative estimate of drug-likeness (QED) is 0.604. The number of hydrogen-bond acceptors (Lipinski definition) is 4. The molecule has 0 bridgehead atoms. The van der Waals surface area contributed by atoms with Gasteiger partial charge in [-0.15, -0.1) is 0 Å². The molecular weight excluding hydrogens is 242 g/mol. The van der Waals surface area contributed by atoms with Crippen molar-refractivity contribution in [2.24, 2.45) is 0 Å². The first-order valence-corrected chi connectivity index (χ1v) is 6.53. The minimum absolute atomic E-state index is 0.0325. The van der Waals surface area contributed by atoms with E-state index in [4.69, 9.17) is 5.26 Å². The minimum atomic E-state index is -0.475. The lowest BCUT2D eigenvalue weighted by atomic mass is 9.99. The van der Waals surface area contributed by atoms with E-state index in [9.17, 15) is 10.1 Å². The van der Waals surface area contributed by atoms with Gasteiger partial charge in [-0.25, -0.2) is 0 Å². The smallest absolute Gasteiger partial charge is 0.270 e. The Kier molecular flexibility index (Phi) is 5.97. The van der Waals surface area contributed by atoms with Gasteiger partial charge in [0, 0.05) is 18.2 Å². The first-order valence-electron chi connectivity index (χ1n) is 6.53. The highest BCUT2D eigenvalue weighted by Crippen LogP contribution is 2.19. The second-order valence-electron chi connectivity index (χ2n) is 4.47. The molecule has 0 aliphatic carbocycles. The normalized spacial score (nSPS) is 11.8. The molecule has 0 amide bonds. The maximum atomic E-state index is 10.7. The molecule has 0 aromatic heterocycles. The van der Waals surface area contributed by atoms with Gasteiger partial charge in [-0.2, -0.15) is 5.26 Å². The molecule has 0 saturated heterocycles. The largest absolute Gasteiger partial charge is 0.314 e. The van der Waals surface area contributed by atoms with Crippen molar-refractivity contribution < 1.29 is 4.92 Å². The molecule has 1 aromatic carbocycles. The lowest BCUT2D eigenvalue weighted by molar-refractivity contribution is -0.384. The number of nitro groups is 1. The van der Waals surface area contributed by atoms with Gasteiger partial charge in [-0.3, -0.25) is 10.1 Å². The molecule has 1 aromatic rings. The molecule has 5 nitrogen and oxygen atoms in total. The summed E-state index contributed by atoms with van der Waals surface area (Å²) in [7, 11) is 0. The van der Waals surface area contributed by atoms with Crippen LogP contribution in [-0.2, 0) is 6.42 Å². The van der Waals surface area contributed by atoms with E-state index in [2.05, 4.69) is 19.2 Å². The molecule has 1 atom stereocenters. The summed E-state index contributed by atoms with van der Waals surface area (Å²) >= 11 is 0. The maximum absolute atomic E-state index is 10.7. The Morgan fingerprint density at radius 1 is 1.47 bits per heavy atom. The molecule has 0 heterocycles. The third-order valence-electron chi connectivity index (χ3n) is 3.07. The van der Waals surface area contributed by atoms with Gasteiger partial charge in [0.15, 0.2) is 0 Å². The van der Waals surface area contributed by atoms with Crippen LogP contribution in [0.1, 0.15) is 37.8 Å². The highest BCUT2D eigenvalue weighted by atomic mass is 16.6. The Balaban J connectivity index is 2.88. The van der Waals surface area contributed by atoms with E-state index >= 15 is 0 Å². The molecule has 19 heavy (non-hydrogen) atoms. The van der Waals surface area contributed by atoms with Gasteiger partial charge in [-0.1, -0.05) is 19.9 Å². The molecule has 1 unspecified atom stereocenters. The highest BCUT2D eigenvalue weighted by molar-refractivity contribution is 5.46. The van der Waals surface area contributed by atoms with Crippen LogP contribution in [0.3, 0.4) is 0 Å². The Labute approximate surface area is 113 Å². The van der Waals surface area contributed by atoms with Crippen LogP contribution in [0.25, 0.3) is 0 Å². The van der Waals surface area contributed by atoms with Crippen LogP contribution < -0.4 is 5.32 Å². The summed E-state index contributed by atoms with van der Waals surface area (Å²) in [6.45, 7) is 5.13. The topological polar surface area (TPSA) is 79.0 Å². The third-order valence-corrected chi connectivity index (χ3v) is 3.07. The van der Waals surface area contributed by atoms with Crippen molar-refractivity contribution in [1.29, 1.82) is 5.26 Å². The van der Waals surface area contributed by atoms with E-state index in [1.807, 2.05) is 6.07 Å². The number of benzene rings is 1. The number of nitriles is 1. The molecule has 0 fully saturated rings. The SMILES string of the molecule is CCCNC(CC)Cc1ccc([N+](=O)[O-])cc1C#N. The second-order valence-corrected chi connectivity index (χ2v) is 4.47. The van der Waals surface area contributed by atoms with E-state index in [0.717, 1.165) is 31.4 Å². The Morgan fingerprint density at radius 3 is 2.74 bits per heavy atom. The van der Waals surface area contributed by atoms with Crippen LogP contribution in [0.2, 0.25) is 0 Å². The average molecular weight is 261 g/mol. The zero-order valence-corrected chi connectivity index (χ0v) is 11.3. The van der Waals surface area contributed by atoms with E-state index in [1.165, 1.54) is 12.1 Å². The van der Waals surface area contributed by atoms with E-state index in [-0.39, 0.29) is 5.69 Å². The van der Waals surface area contributed by atoms with E-state index in [0.29, 0.717) is 11.6 Å². The van der Waals surface area contributed by atoms with E-state index < -0.39 is 4.92 Å². The second kappa shape index (κ2) is 7.49. The molecule has 0 spiro atoms. The van der Waals surface area contributed by atoms with Crippen LogP contribution in [0, 0.1) is 21.4 Å². The van der Waals surface area contributed by atoms with Gasteiger partial charge < -0.3 is 5.32 Å². The first-order chi connectivity index (χ1) is 9.12. The van der Waals surface area contributed by atoms with Crippen molar-refractivity contribution in [3.8, 4) is 6.07 Å². The molecule has 102 valence electrons. The van der Waals surface area contributed by atoms with Gasteiger partial charge >= 0.3 is 0 Å². The van der Waals surface area contributed by atoms with Crippen LogP contribution in [0.4, 0.5) is 5.69 Å². The summed E-state index contributed by atoms with van der Waals surface area (Å²) in [6.07, 6.45) is 2.74. The Bertz CT molecular complexity index is 480. The molecule has 1 N–H and O–H groups in total. The van der Waals surface area contributed by atoms with Crippen LogP contribution in [0.15, 0.2) is 18.2 Å². The fraction of sp³-hybridized carbons (Fsp3) is 0.500. The lowest BCUT2D eigenvalue weighted by Gasteiger charge is -2.17.